The number of ether oxygens (including phenoxy) is 1. The maximum atomic E-state index is 12.8. The zero-order chi connectivity index (χ0) is 23.4. The van der Waals surface area contributed by atoms with E-state index in [0.717, 1.165) is 30.7 Å². The summed E-state index contributed by atoms with van der Waals surface area (Å²) < 4.78 is 32.5. The fraction of sp³-hybridized carbons (Fsp3) is 0.417. The predicted molar refractivity (Wildman–Crippen MR) is 126 cm³/mol. The van der Waals surface area contributed by atoms with Gasteiger partial charge in [0.15, 0.2) is 0 Å². The molecule has 33 heavy (non-hydrogen) atoms. The van der Waals surface area contributed by atoms with Gasteiger partial charge in [0.05, 0.1) is 17.4 Å². The molecular formula is C24H29N3O5S. The predicted octanol–water partition coefficient (Wildman–Crippen LogP) is 3.25. The molecule has 0 saturated carbocycles. The molecule has 0 unspecified atom stereocenters. The average molecular weight is 472 g/mol. The third-order valence-electron chi connectivity index (χ3n) is 6.03. The van der Waals surface area contributed by atoms with Gasteiger partial charge in [-0.2, -0.15) is 4.31 Å². The lowest BCUT2D eigenvalue weighted by atomic mass is 10.1. The number of rotatable bonds is 7. The van der Waals surface area contributed by atoms with Gasteiger partial charge in [-0.1, -0.05) is 6.42 Å². The first-order chi connectivity index (χ1) is 15.9. The lowest BCUT2D eigenvalue weighted by Crippen LogP contribution is -2.35. The van der Waals surface area contributed by atoms with Gasteiger partial charge >= 0.3 is 0 Å². The number of amides is 2. The lowest BCUT2D eigenvalue weighted by molar-refractivity contribution is -0.122. The molecule has 2 aromatic rings. The Labute approximate surface area is 194 Å². The van der Waals surface area contributed by atoms with Crippen molar-refractivity contribution < 1.29 is 22.7 Å². The van der Waals surface area contributed by atoms with Gasteiger partial charge in [0.2, 0.25) is 21.8 Å². The molecule has 2 aromatic carbocycles. The van der Waals surface area contributed by atoms with Crippen LogP contribution in [0.4, 0.5) is 11.4 Å². The van der Waals surface area contributed by atoms with Crippen LogP contribution in [-0.2, 0) is 19.6 Å². The molecule has 2 saturated heterocycles. The summed E-state index contributed by atoms with van der Waals surface area (Å²) in [6, 6.07) is 13.5. The maximum Gasteiger partial charge on any atom is 0.243 e. The van der Waals surface area contributed by atoms with Crippen molar-refractivity contribution in [3.8, 4) is 5.75 Å². The minimum Gasteiger partial charge on any atom is -0.494 e. The first-order valence-electron chi connectivity index (χ1n) is 11.3. The molecule has 8 nitrogen and oxygen atoms in total. The maximum absolute atomic E-state index is 12.8. The van der Waals surface area contributed by atoms with Crippen LogP contribution in [0.5, 0.6) is 5.75 Å². The lowest BCUT2D eigenvalue weighted by Gasteiger charge is -2.25. The Balaban J connectivity index is 1.37. The van der Waals surface area contributed by atoms with Crippen LogP contribution in [-0.4, -0.2) is 50.8 Å². The second-order valence-corrected chi connectivity index (χ2v) is 10.2. The molecule has 2 amide bonds. The number of hydrogen-bond donors (Lipinski definition) is 1. The number of benzene rings is 2. The van der Waals surface area contributed by atoms with E-state index in [2.05, 4.69) is 5.32 Å². The monoisotopic (exact) mass is 471 g/mol. The van der Waals surface area contributed by atoms with Gasteiger partial charge < -0.3 is 15.0 Å². The molecule has 0 aromatic heterocycles. The van der Waals surface area contributed by atoms with E-state index < -0.39 is 15.9 Å². The van der Waals surface area contributed by atoms with E-state index in [1.54, 1.807) is 29.2 Å². The highest BCUT2D eigenvalue weighted by Crippen LogP contribution is 2.28. The fourth-order valence-corrected chi connectivity index (χ4v) is 5.75. The quantitative estimate of drug-likeness (QED) is 0.669. The number of nitrogens with one attached hydrogen (secondary N) is 1. The Kier molecular flexibility index (Phi) is 6.99. The van der Waals surface area contributed by atoms with Gasteiger partial charge in [-0.25, -0.2) is 8.42 Å². The normalized spacial score (nSPS) is 19.5. The number of hydrogen-bond acceptors (Lipinski definition) is 5. The second kappa shape index (κ2) is 9.93. The fourth-order valence-electron chi connectivity index (χ4n) is 4.23. The molecule has 1 N–H and O–H groups in total. The van der Waals surface area contributed by atoms with Crippen LogP contribution in [0.25, 0.3) is 0 Å². The van der Waals surface area contributed by atoms with Gasteiger partial charge in [0.1, 0.15) is 5.75 Å². The molecular weight excluding hydrogens is 442 g/mol. The van der Waals surface area contributed by atoms with Crippen LogP contribution in [0, 0.1) is 5.92 Å². The van der Waals surface area contributed by atoms with E-state index in [0.29, 0.717) is 31.9 Å². The molecule has 0 spiro atoms. The van der Waals surface area contributed by atoms with Crippen LogP contribution in [0.15, 0.2) is 53.4 Å². The summed E-state index contributed by atoms with van der Waals surface area (Å²) in [5.74, 6) is -0.125. The summed E-state index contributed by atoms with van der Waals surface area (Å²) in [7, 11) is -3.51. The van der Waals surface area contributed by atoms with Crippen molar-refractivity contribution >= 4 is 33.2 Å². The minimum absolute atomic E-state index is 0.109. The Hall–Kier alpha value is -2.91. The first-order valence-corrected chi connectivity index (χ1v) is 12.8. The smallest absolute Gasteiger partial charge is 0.243 e. The minimum atomic E-state index is -3.51. The molecule has 1 atom stereocenters. The number of carbonyl (C=O) groups is 2. The highest BCUT2D eigenvalue weighted by Gasteiger charge is 2.35. The molecule has 4 rings (SSSR count). The van der Waals surface area contributed by atoms with Crippen molar-refractivity contribution in [2.24, 2.45) is 5.92 Å². The molecule has 176 valence electrons. The molecule has 2 aliphatic rings. The molecule has 0 radical (unpaired) electrons. The van der Waals surface area contributed by atoms with Crippen LogP contribution in [0.1, 0.15) is 32.6 Å². The Bertz CT molecular complexity index is 1090. The summed E-state index contributed by atoms with van der Waals surface area (Å²) in [5, 5.41) is 2.81. The van der Waals surface area contributed by atoms with Crippen molar-refractivity contribution in [1.82, 2.24) is 4.31 Å². The highest BCUT2D eigenvalue weighted by molar-refractivity contribution is 7.89. The Morgan fingerprint density at radius 2 is 1.70 bits per heavy atom. The van der Waals surface area contributed by atoms with E-state index in [9.17, 15) is 18.0 Å². The third kappa shape index (κ3) is 5.20. The zero-order valence-corrected chi connectivity index (χ0v) is 19.5. The number of nitrogens with zero attached hydrogens (tertiary/aromatic N) is 2. The van der Waals surface area contributed by atoms with Gasteiger partial charge in [0, 0.05) is 37.4 Å². The van der Waals surface area contributed by atoms with Crippen LogP contribution < -0.4 is 15.0 Å². The summed E-state index contributed by atoms with van der Waals surface area (Å²) in [4.78, 5) is 27.1. The largest absolute Gasteiger partial charge is 0.494 e. The van der Waals surface area contributed by atoms with Crippen molar-refractivity contribution in [3.05, 3.63) is 48.5 Å². The number of sulfonamides is 1. The van der Waals surface area contributed by atoms with E-state index in [1.165, 1.54) is 16.4 Å². The van der Waals surface area contributed by atoms with E-state index in [1.807, 2.05) is 19.1 Å². The van der Waals surface area contributed by atoms with E-state index >= 15 is 0 Å². The third-order valence-corrected chi connectivity index (χ3v) is 7.94. The zero-order valence-electron chi connectivity index (χ0n) is 18.7. The Morgan fingerprint density at radius 1 is 1.03 bits per heavy atom. The SMILES string of the molecule is CCOc1ccc(N2C[C@H](C(=O)Nc3ccc(S(=O)(=O)N4CCCCC4)cc3)CC2=O)cc1. The van der Waals surface area contributed by atoms with Crippen LogP contribution in [0.2, 0.25) is 0 Å². The molecule has 0 aliphatic carbocycles. The summed E-state index contributed by atoms with van der Waals surface area (Å²) >= 11 is 0. The highest BCUT2D eigenvalue weighted by atomic mass is 32.2. The van der Waals surface area contributed by atoms with Gasteiger partial charge in [0.25, 0.3) is 0 Å². The van der Waals surface area contributed by atoms with Crippen molar-refractivity contribution in [2.45, 2.75) is 37.5 Å². The standard InChI is InChI=1S/C24H29N3O5S/c1-2-32-21-10-8-20(9-11-21)27-17-18(16-23(27)28)24(29)25-19-6-12-22(13-7-19)33(30,31)26-14-4-3-5-15-26/h6-13,18H,2-5,14-17H2,1H3,(H,25,29)/t18-/m1/s1. The second-order valence-electron chi connectivity index (χ2n) is 8.31. The summed E-state index contributed by atoms with van der Waals surface area (Å²) in [5.41, 5.74) is 1.23. The summed E-state index contributed by atoms with van der Waals surface area (Å²) in [6.45, 7) is 3.85. The molecule has 2 heterocycles. The number of piperidine rings is 1. The van der Waals surface area contributed by atoms with Crippen molar-refractivity contribution in [1.29, 1.82) is 0 Å². The topological polar surface area (TPSA) is 96.0 Å². The average Bonchev–Trinajstić information content (AvgIpc) is 3.22. The first kappa shape index (κ1) is 23.3. The number of anilines is 2. The Morgan fingerprint density at radius 3 is 2.33 bits per heavy atom. The van der Waals surface area contributed by atoms with E-state index in [-0.39, 0.29) is 23.1 Å². The van der Waals surface area contributed by atoms with Crippen molar-refractivity contribution in [2.75, 3.05) is 36.5 Å². The van der Waals surface area contributed by atoms with Gasteiger partial charge in [-0.05, 0) is 68.3 Å². The molecule has 9 heteroatoms. The van der Waals surface area contributed by atoms with Crippen molar-refractivity contribution in [3.63, 3.8) is 0 Å². The van der Waals surface area contributed by atoms with Gasteiger partial charge in [-0.3, -0.25) is 9.59 Å². The number of carbonyl (C=O) groups excluding carboxylic acids is 2. The molecule has 0 bridgehead atoms. The van der Waals surface area contributed by atoms with Crippen LogP contribution >= 0.6 is 0 Å². The van der Waals surface area contributed by atoms with Gasteiger partial charge in [-0.15, -0.1) is 0 Å². The van der Waals surface area contributed by atoms with E-state index in [4.69, 9.17) is 4.74 Å². The van der Waals surface area contributed by atoms with Crippen LogP contribution in [0.3, 0.4) is 0 Å². The molecule has 2 fully saturated rings. The molecule has 2 aliphatic heterocycles. The summed E-state index contributed by atoms with van der Waals surface area (Å²) in [6.07, 6.45) is 2.93.